The molecule has 0 aliphatic carbocycles. The summed E-state index contributed by atoms with van der Waals surface area (Å²) >= 11 is 1.71. The van der Waals surface area contributed by atoms with Crippen molar-refractivity contribution in [1.29, 1.82) is 0 Å². The Morgan fingerprint density at radius 3 is 3.00 bits per heavy atom. The Kier molecular flexibility index (Phi) is 5.83. The lowest BCUT2D eigenvalue weighted by Crippen LogP contribution is -2.12. The molecule has 0 radical (unpaired) electrons. The van der Waals surface area contributed by atoms with E-state index in [1.807, 2.05) is 0 Å². The number of aromatic nitrogens is 1. The van der Waals surface area contributed by atoms with Gasteiger partial charge in [0.05, 0.1) is 17.3 Å². The van der Waals surface area contributed by atoms with Crippen molar-refractivity contribution < 1.29 is 4.74 Å². The first-order valence-electron chi connectivity index (χ1n) is 5.45. The maximum absolute atomic E-state index is 5.74. The van der Waals surface area contributed by atoms with Gasteiger partial charge in [-0.25, -0.2) is 4.98 Å². The van der Waals surface area contributed by atoms with Crippen LogP contribution in [0, 0.1) is 0 Å². The average molecular weight is 228 g/mol. The van der Waals surface area contributed by atoms with E-state index in [0.29, 0.717) is 12.5 Å². The van der Waals surface area contributed by atoms with Crippen LogP contribution in [-0.2, 0) is 11.2 Å². The van der Waals surface area contributed by atoms with E-state index in [1.165, 1.54) is 0 Å². The summed E-state index contributed by atoms with van der Waals surface area (Å²) in [4.78, 5) is 4.60. The number of ether oxygens (including phenoxy) is 1. The highest BCUT2D eigenvalue weighted by atomic mass is 32.1. The van der Waals surface area contributed by atoms with Gasteiger partial charge in [-0.05, 0) is 6.42 Å². The Morgan fingerprint density at radius 1 is 1.60 bits per heavy atom. The number of hydrogen-bond donors (Lipinski definition) is 1. The van der Waals surface area contributed by atoms with Gasteiger partial charge in [0.1, 0.15) is 0 Å². The fourth-order valence-corrected chi connectivity index (χ4v) is 2.41. The minimum Gasteiger partial charge on any atom is -0.384 e. The SMILES string of the molecule is CCCC(CN)c1csc(CCOC)n1. The second-order valence-electron chi connectivity index (χ2n) is 3.63. The van der Waals surface area contributed by atoms with Crippen LogP contribution < -0.4 is 5.73 Å². The zero-order chi connectivity index (χ0) is 11.1. The van der Waals surface area contributed by atoms with Crippen LogP contribution in [-0.4, -0.2) is 25.2 Å². The molecule has 0 amide bonds. The minimum atomic E-state index is 0.433. The van der Waals surface area contributed by atoms with Crippen LogP contribution in [0.1, 0.15) is 36.4 Å². The highest BCUT2D eigenvalue weighted by Gasteiger charge is 2.12. The van der Waals surface area contributed by atoms with Gasteiger partial charge in [0.2, 0.25) is 0 Å². The van der Waals surface area contributed by atoms with Crippen LogP contribution in [0.15, 0.2) is 5.38 Å². The number of hydrogen-bond acceptors (Lipinski definition) is 4. The highest BCUT2D eigenvalue weighted by molar-refractivity contribution is 7.09. The van der Waals surface area contributed by atoms with Crippen molar-refractivity contribution in [2.75, 3.05) is 20.3 Å². The van der Waals surface area contributed by atoms with Crippen LogP contribution in [0.3, 0.4) is 0 Å². The van der Waals surface area contributed by atoms with Gasteiger partial charge in [0.25, 0.3) is 0 Å². The molecule has 1 aromatic rings. The molecule has 0 spiro atoms. The third kappa shape index (κ3) is 3.89. The summed E-state index contributed by atoms with van der Waals surface area (Å²) in [6, 6.07) is 0. The van der Waals surface area contributed by atoms with E-state index in [0.717, 1.165) is 36.6 Å². The Hall–Kier alpha value is -0.450. The largest absolute Gasteiger partial charge is 0.384 e. The minimum absolute atomic E-state index is 0.433. The molecular formula is C11H20N2OS. The first-order valence-corrected chi connectivity index (χ1v) is 6.33. The fraction of sp³-hybridized carbons (Fsp3) is 0.727. The third-order valence-electron chi connectivity index (χ3n) is 2.43. The van der Waals surface area contributed by atoms with Gasteiger partial charge < -0.3 is 10.5 Å². The molecule has 0 saturated heterocycles. The molecule has 0 aliphatic heterocycles. The predicted octanol–water partition coefficient (Wildman–Crippen LogP) is 2.17. The molecule has 1 heterocycles. The van der Waals surface area contributed by atoms with E-state index in [9.17, 15) is 0 Å². The molecule has 0 saturated carbocycles. The van der Waals surface area contributed by atoms with Gasteiger partial charge in [-0.2, -0.15) is 0 Å². The lowest BCUT2D eigenvalue weighted by atomic mass is 10.0. The number of nitrogens with two attached hydrogens (primary N) is 1. The number of rotatable bonds is 7. The zero-order valence-corrected chi connectivity index (χ0v) is 10.3. The molecule has 15 heavy (non-hydrogen) atoms. The molecule has 1 atom stereocenters. The molecule has 1 rings (SSSR count). The molecule has 4 heteroatoms. The molecule has 3 nitrogen and oxygen atoms in total. The van der Waals surface area contributed by atoms with Crippen molar-refractivity contribution in [3.8, 4) is 0 Å². The Morgan fingerprint density at radius 2 is 2.40 bits per heavy atom. The molecule has 0 aliphatic rings. The monoisotopic (exact) mass is 228 g/mol. The standard InChI is InChI=1S/C11H20N2OS/c1-3-4-9(7-12)10-8-15-11(13-10)5-6-14-2/h8-9H,3-7,12H2,1-2H3. The first kappa shape index (κ1) is 12.6. The Labute approximate surface area is 95.7 Å². The van der Waals surface area contributed by atoms with Crippen LogP contribution in [0.4, 0.5) is 0 Å². The van der Waals surface area contributed by atoms with E-state index in [-0.39, 0.29) is 0 Å². The van der Waals surface area contributed by atoms with E-state index in [1.54, 1.807) is 18.4 Å². The summed E-state index contributed by atoms with van der Waals surface area (Å²) in [7, 11) is 1.72. The molecule has 0 aromatic carbocycles. The second kappa shape index (κ2) is 6.93. The Balaban J connectivity index is 2.56. The highest BCUT2D eigenvalue weighted by Crippen LogP contribution is 2.22. The van der Waals surface area contributed by atoms with Gasteiger partial charge in [-0.15, -0.1) is 11.3 Å². The quantitative estimate of drug-likeness (QED) is 0.778. The molecule has 0 fully saturated rings. The maximum Gasteiger partial charge on any atom is 0.0951 e. The van der Waals surface area contributed by atoms with Gasteiger partial charge in [-0.3, -0.25) is 0 Å². The van der Waals surface area contributed by atoms with Crippen LogP contribution in [0.25, 0.3) is 0 Å². The number of thiazole rings is 1. The molecular weight excluding hydrogens is 208 g/mol. The average Bonchev–Trinajstić information content (AvgIpc) is 2.71. The number of methoxy groups -OCH3 is 1. The lowest BCUT2D eigenvalue weighted by Gasteiger charge is -2.09. The summed E-state index contributed by atoms with van der Waals surface area (Å²) < 4.78 is 5.03. The van der Waals surface area contributed by atoms with Crippen molar-refractivity contribution in [3.05, 3.63) is 16.1 Å². The lowest BCUT2D eigenvalue weighted by molar-refractivity contribution is 0.202. The molecule has 1 unspecified atom stereocenters. The third-order valence-corrected chi connectivity index (χ3v) is 3.36. The normalized spacial score (nSPS) is 13.0. The Bertz CT molecular complexity index is 275. The summed E-state index contributed by atoms with van der Waals surface area (Å²) in [5.74, 6) is 0.433. The molecule has 0 bridgehead atoms. The summed E-state index contributed by atoms with van der Waals surface area (Å²) in [5, 5.41) is 3.29. The fourth-order valence-electron chi connectivity index (χ4n) is 1.55. The van der Waals surface area contributed by atoms with Crippen molar-refractivity contribution in [1.82, 2.24) is 4.98 Å². The van der Waals surface area contributed by atoms with E-state index < -0.39 is 0 Å². The van der Waals surface area contributed by atoms with Crippen molar-refractivity contribution in [3.63, 3.8) is 0 Å². The number of nitrogens with zero attached hydrogens (tertiary/aromatic N) is 1. The summed E-state index contributed by atoms with van der Waals surface area (Å²) in [6.07, 6.45) is 3.20. The van der Waals surface area contributed by atoms with Gasteiger partial charge in [-0.1, -0.05) is 13.3 Å². The molecule has 2 N–H and O–H groups in total. The van der Waals surface area contributed by atoms with Gasteiger partial charge in [0.15, 0.2) is 0 Å². The first-order chi connectivity index (χ1) is 7.31. The van der Waals surface area contributed by atoms with Crippen LogP contribution in [0.5, 0.6) is 0 Å². The molecule has 86 valence electrons. The predicted molar refractivity (Wildman–Crippen MR) is 64.4 cm³/mol. The van der Waals surface area contributed by atoms with E-state index in [4.69, 9.17) is 10.5 Å². The summed E-state index contributed by atoms with van der Waals surface area (Å²) in [6.45, 7) is 3.62. The van der Waals surface area contributed by atoms with Gasteiger partial charge in [0, 0.05) is 31.4 Å². The summed E-state index contributed by atoms with van der Waals surface area (Å²) in [5.41, 5.74) is 6.90. The second-order valence-corrected chi connectivity index (χ2v) is 4.57. The van der Waals surface area contributed by atoms with Crippen molar-refractivity contribution in [2.24, 2.45) is 5.73 Å². The van der Waals surface area contributed by atoms with E-state index >= 15 is 0 Å². The van der Waals surface area contributed by atoms with Crippen molar-refractivity contribution in [2.45, 2.75) is 32.1 Å². The molecule has 1 aromatic heterocycles. The van der Waals surface area contributed by atoms with Crippen LogP contribution in [0.2, 0.25) is 0 Å². The topological polar surface area (TPSA) is 48.1 Å². The maximum atomic E-state index is 5.74. The van der Waals surface area contributed by atoms with Gasteiger partial charge >= 0.3 is 0 Å². The smallest absolute Gasteiger partial charge is 0.0951 e. The van der Waals surface area contributed by atoms with E-state index in [2.05, 4.69) is 17.3 Å². The van der Waals surface area contributed by atoms with Crippen LogP contribution >= 0.6 is 11.3 Å². The van der Waals surface area contributed by atoms with Crippen molar-refractivity contribution >= 4 is 11.3 Å². The zero-order valence-electron chi connectivity index (χ0n) is 9.53.